The molecule has 2 aromatic rings. The number of nitrogens with one attached hydrogen (secondary N) is 1. The average molecular weight is 271 g/mol. The van der Waals surface area contributed by atoms with Crippen molar-refractivity contribution in [1.29, 1.82) is 0 Å². The summed E-state index contributed by atoms with van der Waals surface area (Å²) in [7, 11) is 0. The van der Waals surface area contributed by atoms with Gasteiger partial charge >= 0.3 is 5.97 Å². The van der Waals surface area contributed by atoms with E-state index in [1.807, 2.05) is 0 Å². The monoisotopic (exact) mass is 271 g/mol. The van der Waals surface area contributed by atoms with Crippen molar-refractivity contribution in [3.63, 3.8) is 0 Å². The van der Waals surface area contributed by atoms with Gasteiger partial charge in [-0.25, -0.2) is 4.79 Å². The van der Waals surface area contributed by atoms with Gasteiger partial charge in [0.25, 0.3) is 0 Å². The molecule has 0 saturated carbocycles. The quantitative estimate of drug-likeness (QED) is 0.897. The van der Waals surface area contributed by atoms with Crippen molar-refractivity contribution >= 4 is 5.97 Å². The summed E-state index contributed by atoms with van der Waals surface area (Å²) in [5, 5.41) is 12.4. The number of benzene rings is 1. The van der Waals surface area contributed by atoms with Gasteiger partial charge in [-0.3, -0.25) is 0 Å². The molecule has 1 aliphatic rings. The molecule has 1 aromatic heterocycles. The fraction of sp³-hybridized carbons (Fsp3) is 0.312. The lowest BCUT2D eigenvalue weighted by molar-refractivity contribution is 0.0659. The first-order chi connectivity index (χ1) is 9.63. The zero-order valence-corrected chi connectivity index (χ0v) is 11.3. The van der Waals surface area contributed by atoms with Gasteiger partial charge in [0.1, 0.15) is 5.76 Å². The van der Waals surface area contributed by atoms with Gasteiger partial charge in [0.2, 0.25) is 5.76 Å². The minimum Gasteiger partial charge on any atom is -0.475 e. The van der Waals surface area contributed by atoms with Crippen molar-refractivity contribution in [3.05, 3.63) is 58.5 Å². The topological polar surface area (TPSA) is 62.5 Å². The highest BCUT2D eigenvalue weighted by Gasteiger charge is 2.21. The predicted molar refractivity (Wildman–Crippen MR) is 74.9 cm³/mol. The fourth-order valence-corrected chi connectivity index (χ4v) is 2.80. The van der Waals surface area contributed by atoms with Crippen LogP contribution in [-0.2, 0) is 19.4 Å². The van der Waals surface area contributed by atoms with Crippen LogP contribution in [0.15, 0.2) is 34.7 Å². The van der Waals surface area contributed by atoms with Crippen molar-refractivity contribution in [1.82, 2.24) is 5.32 Å². The molecule has 104 valence electrons. The van der Waals surface area contributed by atoms with Gasteiger partial charge in [-0.1, -0.05) is 24.3 Å². The Labute approximate surface area is 117 Å². The number of furan rings is 1. The lowest BCUT2D eigenvalue weighted by atomic mass is 10.1. The van der Waals surface area contributed by atoms with E-state index in [0.29, 0.717) is 23.9 Å². The number of carboxylic acids is 1. The van der Waals surface area contributed by atoms with Gasteiger partial charge in [-0.05, 0) is 37.0 Å². The normalized spacial score (nSPS) is 14.4. The van der Waals surface area contributed by atoms with Crippen LogP contribution in [0.1, 0.15) is 33.0 Å². The SMILES string of the molecule is Cc1cc(CNC2Cc3ccccc3C2)oc1C(=O)O. The number of aryl methyl sites for hydroxylation is 1. The molecule has 2 N–H and O–H groups in total. The van der Waals surface area contributed by atoms with Gasteiger partial charge < -0.3 is 14.8 Å². The van der Waals surface area contributed by atoms with Gasteiger partial charge in [0.05, 0.1) is 6.54 Å². The van der Waals surface area contributed by atoms with Crippen molar-refractivity contribution in [2.24, 2.45) is 0 Å². The Morgan fingerprint density at radius 3 is 2.55 bits per heavy atom. The number of hydrogen-bond acceptors (Lipinski definition) is 3. The van der Waals surface area contributed by atoms with Crippen molar-refractivity contribution < 1.29 is 14.3 Å². The Morgan fingerprint density at radius 2 is 2.00 bits per heavy atom. The molecule has 0 saturated heterocycles. The third-order valence-electron chi connectivity index (χ3n) is 3.78. The van der Waals surface area contributed by atoms with Crippen LogP contribution >= 0.6 is 0 Å². The smallest absolute Gasteiger partial charge is 0.372 e. The first-order valence-corrected chi connectivity index (χ1v) is 6.76. The highest BCUT2D eigenvalue weighted by Crippen LogP contribution is 2.22. The molecular weight excluding hydrogens is 254 g/mol. The molecule has 0 spiro atoms. The van der Waals surface area contributed by atoms with Crippen molar-refractivity contribution in [3.8, 4) is 0 Å². The number of fused-ring (bicyclic) bond motifs is 1. The lowest BCUT2D eigenvalue weighted by Gasteiger charge is -2.10. The molecule has 4 heteroatoms. The minimum atomic E-state index is -1.01. The molecule has 0 radical (unpaired) electrons. The van der Waals surface area contributed by atoms with Crippen LogP contribution in [0.25, 0.3) is 0 Å². The van der Waals surface area contributed by atoms with Gasteiger partial charge in [-0.2, -0.15) is 0 Å². The molecule has 1 aromatic carbocycles. The first kappa shape index (κ1) is 12.9. The maximum absolute atomic E-state index is 10.9. The van der Waals surface area contributed by atoms with E-state index in [2.05, 4.69) is 29.6 Å². The van der Waals surface area contributed by atoms with E-state index < -0.39 is 5.97 Å². The summed E-state index contributed by atoms with van der Waals surface area (Å²) in [5.74, 6) is -0.297. The average Bonchev–Trinajstić information content (AvgIpc) is 2.99. The summed E-state index contributed by atoms with van der Waals surface area (Å²) in [4.78, 5) is 10.9. The second kappa shape index (κ2) is 5.13. The second-order valence-corrected chi connectivity index (χ2v) is 5.28. The molecule has 0 atom stereocenters. The molecule has 0 amide bonds. The van der Waals surface area contributed by atoms with Crippen molar-refractivity contribution in [2.75, 3.05) is 0 Å². The van der Waals surface area contributed by atoms with Crippen LogP contribution in [0.2, 0.25) is 0 Å². The Hall–Kier alpha value is -2.07. The zero-order chi connectivity index (χ0) is 14.1. The number of aromatic carboxylic acids is 1. The minimum absolute atomic E-state index is 0.0384. The van der Waals surface area contributed by atoms with E-state index in [9.17, 15) is 4.79 Å². The van der Waals surface area contributed by atoms with Crippen LogP contribution in [0.3, 0.4) is 0 Å². The van der Waals surface area contributed by atoms with Crippen LogP contribution < -0.4 is 5.32 Å². The standard InChI is InChI=1S/C16H17NO3/c1-10-6-14(20-15(10)16(18)19)9-17-13-7-11-4-2-3-5-12(11)8-13/h2-6,13,17H,7-9H2,1H3,(H,18,19). The second-order valence-electron chi connectivity index (χ2n) is 5.28. The Morgan fingerprint density at radius 1 is 1.35 bits per heavy atom. The third-order valence-corrected chi connectivity index (χ3v) is 3.78. The molecule has 0 unspecified atom stereocenters. The Kier molecular flexibility index (Phi) is 3.32. The summed E-state index contributed by atoms with van der Waals surface area (Å²) < 4.78 is 5.35. The zero-order valence-electron chi connectivity index (χ0n) is 11.3. The summed E-state index contributed by atoms with van der Waals surface area (Å²) in [6.07, 6.45) is 2.03. The molecule has 0 aliphatic heterocycles. The van der Waals surface area contributed by atoms with Crippen molar-refractivity contribution in [2.45, 2.75) is 32.4 Å². The Bertz CT molecular complexity index is 620. The van der Waals surface area contributed by atoms with E-state index in [-0.39, 0.29) is 5.76 Å². The molecular formula is C16H17NO3. The predicted octanol–water partition coefficient (Wildman–Crippen LogP) is 2.54. The van der Waals surface area contributed by atoms with Gasteiger partial charge in [0.15, 0.2) is 0 Å². The van der Waals surface area contributed by atoms with E-state index in [0.717, 1.165) is 12.8 Å². The van der Waals surface area contributed by atoms with E-state index in [1.54, 1.807) is 13.0 Å². The molecule has 20 heavy (non-hydrogen) atoms. The van der Waals surface area contributed by atoms with Gasteiger partial charge in [0, 0.05) is 11.6 Å². The lowest BCUT2D eigenvalue weighted by Crippen LogP contribution is -2.28. The summed E-state index contributed by atoms with van der Waals surface area (Å²) in [6, 6.07) is 10.6. The molecule has 0 fully saturated rings. The van der Waals surface area contributed by atoms with Crippen LogP contribution in [-0.4, -0.2) is 17.1 Å². The first-order valence-electron chi connectivity index (χ1n) is 6.76. The molecule has 1 heterocycles. The molecule has 0 bridgehead atoms. The van der Waals surface area contributed by atoms with Crippen LogP contribution in [0.4, 0.5) is 0 Å². The highest BCUT2D eigenvalue weighted by molar-refractivity contribution is 5.86. The molecule has 3 rings (SSSR count). The summed E-state index contributed by atoms with van der Waals surface area (Å²) in [6.45, 7) is 2.31. The summed E-state index contributed by atoms with van der Waals surface area (Å²) >= 11 is 0. The van der Waals surface area contributed by atoms with E-state index in [4.69, 9.17) is 9.52 Å². The maximum atomic E-state index is 10.9. The number of rotatable bonds is 4. The largest absolute Gasteiger partial charge is 0.475 e. The Balaban J connectivity index is 1.61. The third kappa shape index (κ3) is 2.47. The van der Waals surface area contributed by atoms with E-state index in [1.165, 1.54) is 11.1 Å². The molecule has 4 nitrogen and oxygen atoms in total. The van der Waals surface area contributed by atoms with E-state index >= 15 is 0 Å². The summed E-state index contributed by atoms with van der Waals surface area (Å²) in [5.41, 5.74) is 3.46. The number of hydrogen-bond donors (Lipinski definition) is 2. The molecule has 1 aliphatic carbocycles. The van der Waals surface area contributed by atoms with Gasteiger partial charge in [-0.15, -0.1) is 0 Å². The van der Waals surface area contributed by atoms with Crippen LogP contribution in [0, 0.1) is 6.92 Å². The highest BCUT2D eigenvalue weighted by atomic mass is 16.4. The van der Waals surface area contributed by atoms with Crippen LogP contribution in [0.5, 0.6) is 0 Å². The number of carboxylic acid groups (broad SMARTS) is 1. The fourth-order valence-electron chi connectivity index (χ4n) is 2.80. The maximum Gasteiger partial charge on any atom is 0.372 e. The number of carbonyl (C=O) groups is 1.